The van der Waals surface area contributed by atoms with Crippen LogP contribution in [0.1, 0.15) is 19.0 Å². The maximum atomic E-state index is 5.91. The minimum atomic E-state index is 0.204. The van der Waals surface area contributed by atoms with Crippen molar-refractivity contribution in [2.75, 3.05) is 0 Å². The van der Waals surface area contributed by atoms with Gasteiger partial charge in [0.1, 0.15) is 6.33 Å². The lowest BCUT2D eigenvalue weighted by molar-refractivity contribution is 0.639. The molecule has 14 heavy (non-hydrogen) atoms. The second-order valence-corrected chi connectivity index (χ2v) is 4.24. The number of aromatic nitrogens is 2. The second kappa shape index (κ2) is 4.02. The monoisotopic (exact) mass is 207 g/mol. The molecule has 74 valence electrons. The third kappa shape index (κ3) is 1.76. The molecule has 0 radical (unpaired) electrons. The Bertz CT molecular complexity index is 424. The lowest BCUT2D eigenvalue weighted by Crippen LogP contribution is -2.22. The van der Waals surface area contributed by atoms with Crippen LogP contribution in [0, 0.1) is 0 Å². The van der Waals surface area contributed by atoms with Crippen LogP contribution in [0.25, 0.3) is 10.2 Å². The van der Waals surface area contributed by atoms with E-state index in [9.17, 15) is 0 Å². The maximum absolute atomic E-state index is 5.91. The van der Waals surface area contributed by atoms with E-state index in [1.54, 1.807) is 17.7 Å². The van der Waals surface area contributed by atoms with Gasteiger partial charge in [0.25, 0.3) is 0 Å². The minimum Gasteiger partial charge on any atom is -0.327 e. The molecule has 2 aromatic rings. The number of hydrogen-bond donors (Lipinski definition) is 1. The maximum Gasteiger partial charge on any atom is 0.116 e. The van der Waals surface area contributed by atoms with E-state index in [4.69, 9.17) is 5.73 Å². The molecule has 0 fully saturated rings. The minimum absolute atomic E-state index is 0.204. The number of rotatable bonds is 3. The summed E-state index contributed by atoms with van der Waals surface area (Å²) in [6.45, 7) is 2.09. The van der Waals surface area contributed by atoms with Crippen LogP contribution in [0.3, 0.4) is 0 Å². The topological polar surface area (TPSA) is 51.8 Å². The first kappa shape index (κ1) is 9.55. The summed E-state index contributed by atoms with van der Waals surface area (Å²) in [5.41, 5.74) is 8.02. The Labute approximate surface area is 87.0 Å². The Morgan fingerprint density at radius 3 is 3.14 bits per heavy atom. The largest absolute Gasteiger partial charge is 0.327 e. The van der Waals surface area contributed by atoms with Gasteiger partial charge in [-0.05, 0) is 17.9 Å². The van der Waals surface area contributed by atoms with E-state index in [1.807, 2.05) is 11.4 Å². The molecule has 2 heterocycles. The van der Waals surface area contributed by atoms with Gasteiger partial charge in [-0.3, -0.25) is 0 Å². The molecule has 1 unspecified atom stereocenters. The van der Waals surface area contributed by atoms with Gasteiger partial charge in [0.05, 0.1) is 15.9 Å². The van der Waals surface area contributed by atoms with E-state index < -0.39 is 0 Å². The molecule has 0 aliphatic carbocycles. The Morgan fingerprint density at radius 2 is 2.36 bits per heavy atom. The van der Waals surface area contributed by atoms with Crippen LogP contribution >= 0.6 is 11.3 Å². The van der Waals surface area contributed by atoms with Gasteiger partial charge in [-0.15, -0.1) is 11.3 Å². The second-order valence-electron chi connectivity index (χ2n) is 3.33. The number of thiophene rings is 1. The molecular formula is C10H13N3S. The zero-order chi connectivity index (χ0) is 9.97. The van der Waals surface area contributed by atoms with Crippen LogP contribution in [-0.2, 0) is 6.42 Å². The van der Waals surface area contributed by atoms with Crippen LogP contribution < -0.4 is 5.73 Å². The molecule has 2 aromatic heterocycles. The average Bonchev–Trinajstić information content (AvgIpc) is 2.66. The molecule has 2 rings (SSSR count). The standard InChI is InChI=1S/C10H13N3S/c1-2-7(11)5-9-10-8(3-4-14-10)12-6-13-9/h3-4,6-7H,2,5,11H2,1H3. The lowest BCUT2D eigenvalue weighted by Gasteiger charge is -2.07. The average molecular weight is 207 g/mol. The van der Waals surface area contributed by atoms with Crippen LogP contribution in [0.4, 0.5) is 0 Å². The van der Waals surface area contributed by atoms with Crippen molar-refractivity contribution in [1.82, 2.24) is 9.97 Å². The molecule has 3 nitrogen and oxygen atoms in total. The van der Waals surface area contributed by atoms with Crippen molar-refractivity contribution in [2.24, 2.45) is 5.73 Å². The molecule has 0 saturated carbocycles. The molecule has 0 amide bonds. The number of fused-ring (bicyclic) bond motifs is 1. The Morgan fingerprint density at radius 1 is 1.50 bits per heavy atom. The van der Waals surface area contributed by atoms with E-state index >= 15 is 0 Å². The van der Waals surface area contributed by atoms with E-state index in [-0.39, 0.29) is 6.04 Å². The zero-order valence-electron chi connectivity index (χ0n) is 8.10. The summed E-state index contributed by atoms with van der Waals surface area (Å²) < 4.78 is 1.18. The van der Waals surface area contributed by atoms with E-state index in [1.165, 1.54) is 4.70 Å². The van der Waals surface area contributed by atoms with Gasteiger partial charge in [0.2, 0.25) is 0 Å². The van der Waals surface area contributed by atoms with Gasteiger partial charge in [0, 0.05) is 12.5 Å². The third-order valence-electron chi connectivity index (χ3n) is 2.30. The molecular weight excluding hydrogens is 194 g/mol. The molecule has 2 N–H and O–H groups in total. The van der Waals surface area contributed by atoms with Crippen molar-refractivity contribution in [1.29, 1.82) is 0 Å². The predicted octanol–water partition coefficient (Wildman–Crippen LogP) is 1.97. The molecule has 4 heteroatoms. The normalized spacial score (nSPS) is 13.3. The summed E-state index contributed by atoms with van der Waals surface area (Å²) in [5, 5.41) is 2.04. The molecule has 0 bridgehead atoms. The van der Waals surface area contributed by atoms with Crippen molar-refractivity contribution < 1.29 is 0 Å². The Kier molecular flexibility index (Phi) is 2.74. The van der Waals surface area contributed by atoms with Crippen molar-refractivity contribution in [2.45, 2.75) is 25.8 Å². The van der Waals surface area contributed by atoms with Crippen LogP contribution in [-0.4, -0.2) is 16.0 Å². The Hall–Kier alpha value is -1.000. The summed E-state index contributed by atoms with van der Waals surface area (Å²) in [6, 6.07) is 2.22. The fourth-order valence-corrected chi connectivity index (χ4v) is 2.22. The number of nitrogens with zero attached hydrogens (tertiary/aromatic N) is 2. The summed E-state index contributed by atoms with van der Waals surface area (Å²) in [5.74, 6) is 0. The smallest absolute Gasteiger partial charge is 0.116 e. The van der Waals surface area contributed by atoms with Gasteiger partial charge < -0.3 is 5.73 Å². The molecule has 0 aliphatic rings. The van der Waals surface area contributed by atoms with Crippen LogP contribution in [0.15, 0.2) is 17.8 Å². The van der Waals surface area contributed by atoms with E-state index in [0.29, 0.717) is 0 Å². The van der Waals surface area contributed by atoms with Gasteiger partial charge in [0.15, 0.2) is 0 Å². The van der Waals surface area contributed by atoms with Crippen molar-refractivity contribution in [3.8, 4) is 0 Å². The summed E-state index contributed by atoms with van der Waals surface area (Å²) in [7, 11) is 0. The van der Waals surface area contributed by atoms with Crippen LogP contribution in [0.2, 0.25) is 0 Å². The molecule has 0 spiro atoms. The number of nitrogens with two attached hydrogens (primary N) is 1. The summed E-state index contributed by atoms with van der Waals surface area (Å²) >= 11 is 1.69. The summed E-state index contributed by atoms with van der Waals surface area (Å²) in [4.78, 5) is 8.48. The van der Waals surface area contributed by atoms with E-state index in [0.717, 1.165) is 24.1 Å². The quantitative estimate of drug-likeness (QED) is 0.837. The fraction of sp³-hybridized carbons (Fsp3) is 0.400. The number of hydrogen-bond acceptors (Lipinski definition) is 4. The van der Waals surface area contributed by atoms with Crippen molar-refractivity contribution >= 4 is 21.6 Å². The molecule has 0 aliphatic heterocycles. The van der Waals surface area contributed by atoms with Crippen molar-refractivity contribution in [3.05, 3.63) is 23.5 Å². The first-order chi connectivity index (χ1) is 6.81. The molecule has 0 saturated heterocycles. The third-order valence-corrected chi connectivity index (χ3v) is 3.25. The predicted molar refractivity (Wildman–Crippen MR) is 59.4 cm³/mol. The summed E-state index contributed by atoms with van der Waals surface area (Å²) in [6.07, 6.45) is 3.44. The first-order valence-corrected chi connectivity index (χ1v) is 5.62. The highest BCUT2D eigenvalue weighted by Gasteiger charge is 2.08. The SMILES string of the molecule is CCC(N)Cc1ncnc2ccsc12. The zero-order valence-corrected chi connectivity index (χ0v) is 8.92. The van der Waals surface area contributed by atoms with Gasteiger partial charge in [-0.25, -0.2) is 9.97 Å². The highest BCUT2D eigenvalue weighted by molar-refractivity contribution is 7.17. The van der Waals surface area contributed by atoms with Crippen molar-refractivity contribution in [3.63, 3.8) is 0 Å². The van der Waals surface area contributed by atoms with E-state index in [2.05, 4.69) is 16.9 Å². The first-order valence-electron chi connectivity index (χ1n) is 4.74. The Balaban J connectivity index is 2.36. The highest BCUT2D eigenvalue weighted by atomic mass is 32.1. The van der Waals surface area contributed by atoms with Gasteiger partial charge >= 0.3 is 0 Å². The van der Waals surface area contributed by atoms with Crippen LogP contribution in [0.5, 0.6) is 0 Å². The molecule has 1 atom stereocenters. The highest BCUT2D eigenvalue weighted by Crippen LogP contribution is 2.21. The molecule has 0 aromatic carbocycles. The fourth-order valence-electron chi connectivity index (χ4n) is 1.38. The van der Waals surface area contributed by atoms with Gasteiger partial charge in [-0.1, -0.05) is 6.92 Å². The van der Waals surface area contributed by atoms with Gasteiger partial charge in [-0.2, -0.15) is 0 Å². The lowest BCUT2D eigenvalue weighted by atomic mass is 10.1.